The summed E-state index contributed by atoms with van der Waals surface area (Å²) >= 11 is 0. The zero-order chi connectivity index (χ0) is 19.2. The number of aliphatic hydroxyl groups is 1. The van der Waals surface area contributed by atoms with E-state index in [4.69, 9.17) is 4.74 Å². The van der Waals surface area contributed by atoms with Crippen molar-refractivity contribution in [2.75, 3.05) is 6.61 Å². The molecule has 0 fully saturated rings. The molecule has 3 aromatic rings. The van der Waals surface area contributed by atoms with Crippen LogP contribution in [0.2, 0.25) is 0 Å². The molecule has 0 aromatic heterocycles. The smallest absolute Gasteiger partial charge is 0.331 e. The summed E-state index contributed by atoms with van der Waals surface area (Å²) in [6.45, 7) is 1.83. The van der Waals surface area contributed by atoms with Crippen molar-refractivity contribution in [3.8, 4) is 0 Å². The van der Waals surface area contributed by atoms with E-state index in [1.165, 1.54) is 0 Å². The maximum atomic E-state index is 12.9. The van der Waals surface area contributed by atoms with E-state index in [9.17, 15) is 14.7 Å². The number of esters is 1. The first-order chi connectivity index (χ1) is 13.1. The van der Waals surface area contributed by atoms with Crippen LogP contribution in [0.15, 0.2) is 72.8 Å². The van der Waals surface area contributed by atoms with Crippen molar-refractivity contribution in [3.63, 3.8) is 0 Å². The zero-order valence-corrected chi connectivity index (χ0v) is 15.0. The van der Waals surface area contributed by atoms with Crippen LogP contribution in [0.4, 0.5) is 0 Å². The third-order valence-electron chi connectivity index (χ3n) is 4.32. The van der Waals surface area contributed by atoms with Crippen LogP contribution in [0.25, 0.3) is 10.8 Å². The number of amides is 1. The Morgan fingerprint density at radius 1 is 0.963 bits per heavy atom. The Balaban J connectivity index is 1.91. The van der Waals surface area contributed by atoms with Gasteiger partial charge in [0.05, 0.1) is 6.61 Å². The molecule has 5 nitrogen and oxygen atoms in total. The van der Waals surface area contributed by atoms with Crippen molar-refractivity contribution in [1.29, 1.82) is 0 Å². The van der Waals surface area contributed by atoms with E-state index < -0.39 is 24.0 Å². The van der Waals surface area contributed by atoms with Crippen LogP contribution >= 0.6 is 0 Å². The third kappa shape index (κ3) is 4.15. The minimum absolute atomic E-state index is 0.154. The minimum Gasteiger partial charge on any atom is -0.464 e. The van der Waals surface area contributed by atoms with Crippen molar-refractivity contribution in [2.24, 2.45) is 0 Å². The first-order valence-corrected chi connectivity index (χ1v) is 8.80. The van der Waals surface area contributed by atoms with Crippen LogP contribution in [0.5, 0.6) is 0 Å². The molecule has 0 spiro atoms. The predicted molar refractivity (Wildman–Crippen MR) is 103 cm³/mol. The predicted octanol–water partition coefficient (Wildman–Crippen LogP) is 3.23. The maximum Gasteiger partial charge on any atom is 0.331 e. The molecule has 0 bridgehead atoms. The van der Waals surface area contributed by atoms with Crippen LogP contribution in [-0.4, -0.2) is 29.6 Å². The molecule has 138 valence electrons. The molecule has 2 atom stereocenters. The number of nitrogens with one attached hydrogen (secondary N) is 1. The highest BCUT2D eigenvalue weighted by molar-refractivity contribution is 6.08. The molecule has 0 saturated heterocycles. The van der Waals surface area contributed by atoms with E-state index in [-0.39, 0.29) is 6.61 Å². The quantitative estimate of drug-likeness (QED) is 0.659. The number of fused-ring (bicyclic) bond motifs is 1. The molecular formula is C22H21NO4. The van der Waals surface area contributed by atoms with Gasteiger partial charge in [0, 0.05) is 5.56 Å². The third-order valence-corrected chi connectivity index (χ3v) is 4.32. The lowest BCUT2D eigenvalue weighted by Gasteiger charge is -2.23. The molecule has 2 unspecified atom stereocenters. The number of hydrogen-bond acceptors (Lipinski definition) is 4. The Morgan fingerprint density at radius 3 is 2.37 bits per heavy atom. The fourth-order valence-electron chi connectivity index (χ4n) is 2.98. The van der Waals surface area contributed by atoms with Gasteiger partial charge >= 0.3 is 5.97 Å². The van der Waals surface area contributed by atoms with Crippen molar-refractivity contribution in [2.45, 2.75) is 19.1 Å². The molecule has 5 heteroatoms. The van der Waals surface area contributed by atoms with Gasteiger partial charge in [-0.05, 0) is 29.3 Å². The monoisotopic (exact) mass is 363 g/mol. The molecule has 0 aliphatic carbocycles. The van der Waals surface area contributed by atoms with Crippen LogP contribution in [0, 0.1) is 0 Å². The highest BCUT2D eigenvalue weighted by Crippen LogP contribution is 2.21. The van der Waals surface area contributed by atoms with Crippen molar-refractivity contribution >= 4 is 22.6 Å². The van der Waals surface area contributed by atoms with Gasteiger partial charge in [-0.25, -0.2) is 4.79 Å². The first kappa shape index (κ1) is 18.6. The summed E-state index contributed by atoms with van der Waals surface area (Å²) in [7, 11) is 0. The molecule has 1 amide bonds. The molecule has 3 rings (SSSR count). The zero-order valence-electron chi connectivity index (χ0n) is 15.0. The normalized spacial score (nSPS) is 13.0. The second-order valence-electron chi connectivity index (χ2n) is 6.09. The Kier molecular flexibility index (Phi) is 5.84. The fraction of sp³-hybridized carbons (Fsp3) is 0.182. The van der Waals surface area contributed by atoms with Crippen LogP contribution in [-0.2, 0) is 9.53 Å². The highest BCUT2D eigenvalue weighted by Gasteiger charge is 2.31. The molecule has 0 aliphatic rings. The Morgan fingerprint density at radius 2 is 1.63 bits per heavy atom. The van der Waals surface area contributed by atoms with E-state index in [1.807, 2.05) is 36.4 Å². The average molecular weight is 363 g/mol. The lowest BCUT2D eigenvalue weighted by molar-refractivity contribution is -0.148. The van der Waals surface area contributed by atoms with E-state index in [2.05, 4.69) is 5.32 Å². The number of ether oxygens (including phenoxy) is 1. The van der Waals surface area contributed by atoms with E-state index in [0.717, 1.165) is 10.8 Å². The summed E-state index contributed by atoms with van der Waals surface area (Å²) in [5.74, 6) is -1.12. The van der Waals surface area contributed by atoms with E-state index in [0.29, 0.717) is 11.1 Å². The highest BCUT2D eigenvalue weighted by atomic mass is 16.5. The van der Waals surface area contributed by atoms with Gasteiger partial charge in [0.1, 0.15) is 6.10 Å². The molecule has 0 aliphatic heterocycles. The second kappa shape index (κ2) is 8.47. The Hall–Kier alpha value is -3.18. The lowest BCUT2D eigenvalue weighted by Crippen LogP contribution is -2.46. The SMILES string of the molecule is CCOC(=O)C(NC(=O)c1cccc2ccccc12)C(O)c1ccccc1. The van der Waals surface area contributed by atoms with Gasteiger partial charge in [0.15, 0.2) is 6.04 Å². The number of carbonyl (C=O) groups excluding carboxylic acids is 2. The number of carbonyl (C=O) groups is 2. The molecule has 27 heavy (non-hydrogen) atoms. The first-order valence-electron chi connectivity index (χ1n) is 8.80. The van der Waals surface area contributed by atoms with Gasteiger partial charge in [-0.2, -0.15) is 0 Å². The number of benzene rings is 3. The summed E-state index contributed by atoms with van der Waals surface area (Å²) in [6, 6.07) is 20.4. The van der Waals surface area contributed by atoms with Crippen LogP contribution in [0.1, 0.15) is 28.9 Å². The van der Waals surface area contributed by atoms with Gasteiger partial charge in [-0.3, -0.25) is 4.79 Å². The van der Waals surface area contributed by atoms with Gasteiger partial charge in [0.25, 0.3) is 5.91 Å². The molecule has 2 N–H and O–H groups in total. The van der Waals surface area contributed by atoms with Crippen molar-refractivity contribution < 1.29 is 19.4 Å². The average Bonchev–Trinajstić information content (AvgIpc) is 2.71. The number of hydrogen-bond donors (Lipinski definition) is 2. The number of rotatable bonds is 6. The summed E-state index contributed by atoms with van der Waals surface area (Å²) in [6.07, 6.45) is -1.22. The standard InChI is InChI=1S/C22H21NO4/c1-2-27-22(26)19(20(24)16-10-4-3-5-11-16)23-21(25)18-14-8-12-15-9-6-7-13-17(15)18/h3-14,19-20,24H,2H2,1H3,(H,23,25). The van der Waals surface area contributed by atoms with Gasteiger partial charge in [-0.1, -0.05) is 66.7 Å². The lowest BCUT2D eigenvalue weighted by atomic mass is 10.0. The van der Waals surface area contributed by atoms with Crippen LogP contribution in [0.3, 0.4) is 0 Å². The summed E-state index contributed by atoms with van der Waals surface area (Å²) in [5, 5.41) is 15.0. The molecular weight excluding hydrogens is 342 g/mol. The molecule has 3 aromatic carbocycles. The van der Waals surface area contributed by atoms with Gasteiger partial charge in [-0.15, -0.1) is 0 Å². The van der Waals surface area contributed by atoms with Gasteiger partial charge in [0.2, 0.25) is 0 Å². The minimum atomic E-state index is -1.22. The maximum absolute atomic E-state index is 12.9. The topological polar surface area (TPSA) is 75.6 Å². The van der Waals surface area contributed by atoms with Crippen molar-refractivity contribution in [1.82, 2.24) is 5.32 Å². The second-order valence-corrected chi connectivity index (χ2v) is 6.09. The molecule has 0 radical (unpaired) electrons. The van der Waals surface area contributed by atoms with E-state index in [1.54, 1.807) is 43.3 Å². The molecule has 0 heterocycles. The van der Waals surface area contributed by atoms with Crippen molar-refractivity contribution in [3.05, 3.63) is 83.9 Å². The largest absolute Gasteiger partial charge is 0.464 e. The number of aliphatic hydroxyl groups excluding tert-OH is 1. The summed E-state index contributed by atoms with van der Waals surface area (Å²) in [5.41, 5.74) is 0.955. The van der Waals surface area contributed by atoms with E-state index >= 15 is 0 Å². The van der Waals surface area contributed by atoms with Crippen LogP contribution < -0.4 is 5.32 Å². The Labute approximate surface area is 157 Å². The molecule has 0 saturated carbocycles. The summed E-state index contributed by atoms with van der Waals surface area (Å²) in [4.78, 5) is 25.3. The van der Waals surface area contributed by atoms with Gasteiger partial charge < -0.3 is 15.2 Å². The Bertz CT molecular complexity index is 934. The summed E-state index contributed by atoms with van der Waals surface area (Å²) < 4.78 is 5.06. The fourth-order valence-corrected chi connectivity index (χ4v) is 2.98.